The standard InChI is InChI=1S/C21H22Br2N2O2/c1-12(26)25-6-4-13(5-7-25)20-19-14(9-17(27)10-18(19)23)2-3-15-8-16(22)11-24-21(15)20/h8-11,13,20,27H,2-7H2,1H3. The van der Waals surface area contributed by atoms with Crippen molar-refractivity contribution in [2.24, 2.45) is 5.92 Å². The molecule has 4 nitrogen and oxygen atoms in total. The Bertz CT molecular complexity index is 892. The van der Waals surface area contributed by atoms with Crippen molar-refractivity contribution >= 4 is 37.8 Å². The van der Waals surface area contributed by atoms with E-state index in [2.05, 4.69) is 37.9 Å². The number of phenols is 1. The number of aryl methyl sites for hydroxylation is 2. The first-order chi connectivity index (χ1) is 12.9. The predicted molar refractivity (Wildman–Crippen MR) is 112 cm³/mol. The molecule has 0 bridgehead atoms. The van der Waals surface area contributed by atoms with Crippen LogP contribution in [0.5, 0.6) is 5.75 Å². The summed E-state index contributed by atoms with van der Waals surface area (Å²) in [7, 11) is 0. The topological polar surface area (TPSA) is 53.4 Å². The molecule has 1 fully saturated rings. The van der Waals surface area contributed by atoms with Crippen molar-refractivity contribution in [1.29, 1.82) is 0 Å². The molecule has 1 aliphatic carbocycles. The molecule has 142 valence electrons. The number of rotatable bonds is 1. The molecule has 1 aromatic carbocycles. The van der Waals surface area contributed by atoms with Crippen molar-refractivity contribution in [1.82, 2.24) is 9.88 Å². The number of piperidine rings is 1. The Morgan fingerprint density at radius 3 is 2.56 bits per heavy atom. The monoisotopic (exact) mass is 492 g/mol. The van der Waals surface area contributed by atoms with Crippen LogP contribution in [0.3, 0.4) is 0 Å². The van der Waals surface area contributed by atoms with Gasteiger partial charge in [0.1, 0.15) is 5.75 Å². The Labute approximate surface area is 176 Å². The van der Waals surface area contributed by atoms with E-state index in [4.69, 9.17) is 4.98 Å². The molecule has 27 heavy (non-hydrogen) atoms. The summed E-state index contributed by atoms with van der Waals surface area (Å²) in [4.78, 5) is 18.5. The van der Waals surface area contributed by atoms with E-state index in [1.807, 2.05) is 17.2 Å². The molecule has 1 saturated heterocycles. The van der Waals surface area contributed by atoms with Crippen LogP contribution in [-0.2, 0) is 17.6 Å². The highest BCUT2D eigenvalue weighted by molar-refractivity contribution is 9.10. The van der Waals surface area contributed by atoms with Crippen LogP contribution in [0.1, 0.15) is 48.1 Å². The minimum absolute atomic E-state index is 0.156. The minimum atomic E-state index is 0.156. The molecular formula is C21H22Br2N2O2. The lowest BCUT2D eigenvalue weighted by atomic mass is 9.76. The number of carbonyl (C=O) groups excluding carboxylic acids is 1. The van der Waals surface area contributed by atoms with Crippen LogP contribution in [0, 0.1) is 5.92 Å². The summed E-state index contributed by atoms with van der Waals surface area (Å²) in [6.45, 7) is 3.25. The molecule has 0 radical (unpaired) electrons. The highest BCUT2D eigenvalue weighted by Gasteiger charge is 2.35. The second-order valence-electron chi connectivity index (χ2n) is 7.52. The fraction of sp³-hybridized carbons (Fsp3) is 0.429. The van der Waals surface area contributed by atoms with Crippen LogP contribution in [0.4, 0.5) is 0 Å². The number of aromatic nitrogens is 1. The maximum absolute atomic E-state index is 11.7. The van der Waals surface area contributed by atoms with Crippen LogP contribution in [0.15, 0.2) is 33.3 Å². The molecule has 4 rings (SSSR count). The van der Waals surface area contributed by atoms with Gasteiger partial charge >= 0.3 is 0 Å². The van der Waals surface area contributed by atoms with Crippen LogP contribution < -0.4 is 0 Å². The first-order valence-electron chi connectivity index (χ1n) is 9.35. The molecule has 2 heterocycles. The van der Waals surface area contributed by atoms with Crippen LogP contribution >= 0.6 is 31.9 Å². The lowest BCUT2D eigenvalue weighted by Crippen LogP contribution is -2.39. The zero-order chi connectivity index (χ0) is 19.1. The van der Waals surface area contributed by atoms with Crippen LogP contribution in [0.2, 0.25) is 0 Å². The first kappa shape index (κ1) is 18.9. The smallest absolute Gasteiger partial charge is 0.219 e. The van der Waals surface area contributed by atoms with E-state index in [1.54, 1.807) is 13.0 Å². The predicted octanol–water partition coefficient (Wildman–Crippen LogP) is 4.80. The van der Waals surface area contributed by atoms with Gasteiger partial charge in [0, 0.05) is 41.1 Å². The van der Waals surface area contributed by atoms with Gasteiger partial charge in [0.15, 0.2) is 0 Å². The Morgan fingerprint density at radius 1 is 1.15 bits per heavy atom. The number of pyridine rings is 1. The minimum Gasteiger partial charge on any atom is -0.508 e. The van der Waals surface area contributed by atoms with E-state index in [9.17, 15) is 9.90 Å². The van der Waals surface area contributed by atoms with Gasteiger partial charge in [-0.15, -0.1) is 0 Å². The maximum atomic E-state index is 11.7. The average molecular weight is 494 g/mol. The number of halogens is 2. The van der Waals surface area contributed by atoms with E-state index >= 15 is 0 Å². The summed E-state index contributed by atoms with van der Waals surface area (Å²) in [6.07, 6.45) is 5.61. The normalized spacial score (nSPS) is 20.0. The van der Waals surface area contributed by atoms with Crippen molar-refractivity contribution in [2.45, 2.75) is 38.5 Å². The summed E-state index contributed by atoms with van der Waals surface area (Å²) in [5, 5.41) is 10.1. The number of fused-ring (bicyclic) bond motifs is 2. The summed E-state index contributed by atoms with van der Waals surface area (Å²) in [5.41, 5.74) is 4.85. The van der Waals surface area contributed by atoms with Crippen molar-refractivity contribution in [2.75, 3.05) is 13.1 Å². The molecule has 1 atom stereocenters. The Balaban J connectivity index is 1.80. The van der Waals surface area contributed by atoms with Gasteiger partial charge in [0.05, 0.1) is 5.69 Å². The molecular weight excluding hydrogens is 472 g/mol. The van der Waals surface area contributed by atoms with Gasteiger partial charge in [-0.2, -0.15) is 0 Å². The average Bonchev–Trinajstić information content (AvgIpc) is 2.78. The third kappa shape index (κ3) is 3.66. The fourth-order valence-corrected chi connectivity index (χ4v) is 5.71. The molecule has 1 aromatic heterocycles. The summed E-state index contributed by atoms with van der Waals surface area (Å²) < 4.78 is 1.95. The van der Waals surface area contributed by atoms with E-state index in [0.717, 1.165) is 53.4 Å². The van der Waals surface area contributed by atoms with Gasteiger partial charge in [0.2, 0.25) is 5.91 Å². The summed E-state index contributed by atoms with van der Waals surface area (Å²) >= 11 is 7.28. The van der Waals surface area contributed by atoms with E-state index in [0.29, 0.717) is 11.7 Å². The molecule has 0 spiro atoms. The van der Waals surface area contributed by atoms with Gasteiger partial charge in [-0.05, 0) is 82.4 Å². The van der Waals surface area contributed by atoms with Gasteiger partial charge < -0.3 is 10.0 Å². The van der Waals surface area contributed by atoms with Crippen LogP contribution in [-0.4, -0.2) is 34.0 Å². The fourth-order valence-electron chi connectivity index (χ4n) is 4.60. The molecule has 1 unspecified atom stereocenters. The number of hydrogen-bond donors (Lipinski definition) is 1. The SMILES string of the molecule is CC(=O)N1CCC(C2c3ncc(Br)cc3CCc3cc(O)cc(Br)c32)CC1. The number of phenolic OH excluding ortho intramolecular Hbond substituents is 1. The first-order valence-corrected chi connectivity index (χ1v) is 10.9. The molecule has 0 saturated carbocycles. The number of likely N-dealkylation sites (tertiary alicyclic amines) is 1. The number of amides is 1. The third-order valence-electron chi connectivity index (χ3n) is 5.89. The van der Waals surface area contributed by atoms with Gasteiger partial charge in [-0.25, -0.2) is 0 Å². The summed E-state index contributed by atoms with van der Waals surface area (Å²) in [5.74, 6) is 1.05. The quantitative estimate of drug-likeness (QED) is 0.620. The second-order valence-corrected chi connectivity index (χ2v) is 9.29. The Morgan fingerprint density at radius 2 is 1.85 bits per heavy atom. The van der Waals surface area contributed by atoms with Gasteiger partial charge in [-0.1, -0.05) is 15.9 Å². The highest BCUT2D eigenvalue weighted by Crippen LogP contribution is 2.46. The van der Waals surface area contributed by atoms with Crippen molar-refractivity contribution in [3.63, 3.8) is 0 Å². The molecule has 6 heteroatoms. The number of hydrogen-bond acceptors (Lipinski definition) is 3. The van der Waals surface area contributed by atoms with E-state index < -0.39 is 0 Å². The number of aromatic hydroxyl groups is 1. The van der Waals surface area contributed by atoms with Crippen LogP contribution in [0.25, 0.3) is 0 Å². The third-order valence-corrected chi connectivity index (χ3v) is 6.98. The largest absolute Gasteiger partial charge is 0.508 e. The van der Waals surface area contributed by atoms with E-state index in [-0.39, 0.29) is 11.8 Å². The van der Waals surface area contributed by atoms with E-state index in [1.165, 1.54) is 16.7 Å². The molecule has 2 aromatic rings. The molecule has 1 N–H and O–H groups in total. The van der Waals surface area contributed by atoms with Gasteiger partial charge in [0.25, 0.3) is 0 Å². The molecule has 2 aliphatic rings. The number of nitrogens with zero attached hydrogens (tertiary/aromatic N) is 2. The number of carbonyl (C=O) groups is 1. The lowest BCUT2D eigenvalue weighted by molar-refractivity contribution is -0.130. The van der Waals surface area contributed by atoms with Crippen molar-refractivity contribution < 1.29 is 9.90 Å². The second kappa shape index (κ2) is 7.55. The lowest BCUT2D eigenvalue weighted by Gasteiger charge is -2.36. The zero-order valence-corrected chi connectivity index (χ0v) is 18.4. The van der Waals surface area contributed by atoms with Crippen molar-refractivity contribution in [3.8, 4) is 5.75 Å². The Kier molecular flexibility index (Phi) is 5.30. The number of benzene rings is 1. The van der Waals surface area contributed by atoms with Gasteiger partial charge in [-0.3, -0.25) is 9.78 Å². The Hall–Kier alpha value is -1.40. The highest BCUT2D eigenvalue weighted by atomic mass is 79.9. The molecule has 1 amide bonds. The summed E-state index contributed by atoms with van der Waals surface area (Å²) in [6, 6.07) is 5.87. The maximum Gasteiger partial charge on any atom is 0.219 e. The molecule has 1 aliphatic heterocycles. The van der Waals surface area contributed by atoms with Crippen molar-refractivity contribution in [3.05, 3.63) is 55.7 Å². The zero-order valence-electron chi connectivity index (χ0n) is 15.2.